The largest absolute Gasteiger partial charge is 0.504 e. The number of hydrogen-bond acceptors (Lipinski definition) is 4. The van der Waals surface area contributed by atoms with E-state index < -0.39 is 5.92 Å². The number of carbonyl (C=O) groups is 2. The highest BCUT2D eigenvalue weighted by Gasteiger charge is 2.36. The van der Waals surface area contributed by atoms with E-state index in [4.69, 9.17) is 0 Å². The van der Waals surface area contributed by atoms with Gasteiger partial charge in [0, 0.05) is 29.3 Å². The number of aryl methyl sites for hydroxylation is 1. The maximum atomic E-state index is 12.4. The predicted octanol–water partition coefficient (Wildman–Crippen LogP) is 2.85. The second kappa shape index (κ2) is 6.60. The number of aromatic nitrogens is 1. The van der Waals surface area contributed by atoms with Crippen LogP contribution in [0.3, 0.4) is 0 Å². The van der Waals surface area contributed by atoms with Crippen LogP contribution in [0.25, 0.3) is 0 Å². The van der Waals surface area contributed by atoms with Crippen molar-refractivity contribution in [2.75, 3.05) is 16.8 Å². The average Bonchev–Trinajstić information content (AvgIpc) is 2.91. The van der Waals surface area contributed by atoms with Crippen LogP contribution in [0.4, 0.5) is 11.5 Å². The smallest absolute Gasteiger partial charge is 0.231 e. The van der Waals surface area contributed by atoms with E-state index in [0.717, 1.165) is 15.7 Å². The lowest BCUT2D eigenvalue weighted by Gasteiger charge is -2.19. The zero-order chi connectivity index (χ0) is 17.3. The number of carbonyl (C=O) groups excluding carboxylic acids is 2. The second-order valence-electron chi connectivity index (χ2n) is 5.70. The summed E-state index contributed by atoms with van der Waals surface area (Å²) in [5.41, 5.74) is 1.76. The van der Waals surface area contributed by atoms with Gasteiger partial charge in [0.15, 0.2) is 11.6 Å². The molecule has 1 aromatic carbocycles. The summed E-state index contributed by atoms with van der Waals surface area (Å²) in [6.45, 7) is 2.23. The first-order valence-electron chi connectivity index (χ1n) is 7.47. The van der Waals surface area contributed by atoms with Gasteiger partial charge in [-0.1, -0.05) is 15.9 Å². The van der Waals surface area contributed by atoms with Gasteiger partial charge in [-0.15, -0.1) is 0 Å². The molecule has 1 atom stereocenters. The van der Waals surface area contributed by atoms with Crippen LogP contribution in [-0.4, -0.2) is 28.4 Å². The summed E-state index contributed by atoms with van der Waals surface area (Å²) in [5, 5.41) is 12.3. The Bertz CT molecular complexity index is 809. The highest BCUT2D eigenvalue weighted by atomic mass is 79.9. The molecular formula is C17H16BrN3O3. The SMILES string of the molecule is Cc1cc(Br)ccc1N1C[C@@H](C(=O)Nc2ncccc2O)CC1=O. The maximum absolute atomic E-state index is 12.4. The van der Waals surface area contributed by atoms with E-state index in [1.54, 1.807) is 11.0 Å². The van der Waals surface area contributed by atoms with E-state index in [0.29, 0.717) is 6.54 Å². The molecule has 1 fully saturated rings. The minimum absolute atomic E-state index is 0.0918. The number of nitrogens with zero attached hydrogens (tertiary/aromatic N) is 2. The first-order chi connectivity index (χ1) is 11.5. The zero-order valence-electron chi connectivity index (χ0n) is 13.0. The van der Waals surface area contributed by atoms with Gasteiger partial charge in [-0.2, -0.15) is 0 Å². The molecule has 0 saturated carbocycles. The summed E-state index contributed by atoms with van der Waals surface area (Å²) >= 11 is 3.40. The molecule has 7 heteroatoms. The highest BCUT2D eigenvalue weighted by Crippen LogP contribution is 2.30. The van der Waals surface area contributed by atoms with Crippen molar-refractivity contribution in [1.82, 2.24) is 4.98 Å². The number of pyridine rings is 1. The van der Waals surface area contributed by atoms with Crippen LogP contribution in [0.2, 0.25) is 0 Å². The monoisotopic (exact) mass is 389 g/mol. The van der Waals surface area contributed by atoms with Gasteiger partial charge < -0.3 is 15.3 Å². The normalized spacial score (nSPS) is 17.2. The Labute approximate surface area is 147 Å². The number of aromatic hydroxyl groups is 1. The summed E-state index contributed by atoms with van der Waals surface area (Å²) in [6, 6.07) is 8.68. The van der Waals surface area contributed by atoms with Crippen LogP contribution in [0.15, 0.2) is 41.0 Å². The molecule has 1 aliphatic rings. The molecule has 0 unspecified atom stereocenters. The van der Waals surface area contributed by atoms with Gasteiger partial charge in [-0.05, 0) is 42.8 Å². The molecular weight excluding hydrogens is 374 g/mol. The van der Waals surface area contributed by atoms with Crippen molar-refractivity contribution in [2.24, 2.45) is 5.92 Å². The lowest BCUT2D eigenvalue weighted by Crippen LogP contribution is -2.28. The van der Waals surface area contributed by atoms with E-state index in [9.17, 15) is 14.7 Å². The van der Waals surface area contributed by atoms with Gasteiger partial charge in [-0.25, -0.2) is 4.98 Å². The van der Waals surface area contributed by atoms with Crippen molar-refractivity contribution in [1.29, 1.82) is 0 Å². The molecule has 6 nitrogen and oxygen atoms in total. The van der Waals surface area contributed by atoms with Crippen molar-refractivity contribution >= 4 is 39.2 Å². The lowest BCUT2D eigenvalue weighted by molar-refractivity contribution is -0.122. The van der Waals surface area contributed by atoms with Crippen LogP contribution in [0.1, 0.15) is 12.0 Å². The highest BCUT2D eigenvalue weighted by molar-refractivity contribution is 9.10. The number of nitrogens with one attached hydrogen (secondary N) is 1. The first-order valence-corrected chi connectivity index (χ1v) is 8.26. The van der Waals surface area contributed by atoms with Crippen LogP contribution in [0.5, 0.6) is 5.75 Å². The Hall–Kier alpha value is -2.41. The summed E-state index contributed by atoms with van der Waals surface area (Å²) in [7, 11) is 0. The molecule has 0 spiro atoms. The quantitative estimate of drug-likeness (QED) is 0.845. The Kier molecular flexibility index (Phi) is 4.53. The first kappa shape index (κ1) is 16.4. The number of anilines is 2. The van der Waals surface area contributed by atoms with Gasteiger partial charge in [0.25, 0.3) is 0 Å². The topological polar surface area (TPSA) is 82.5 Å². The molecule has 1 aromatic heterocycles. The van der Waals surface area contributed by atoms with Crippen molar-refractivity contribution in [3.05, 3.63) is 46.6 Å². The molecule has 0 bridgehead atoms. The van der Waals surface area contributed by atoms with Crippen LogP contribution < -0.4 is 10.2 Å². The van der Waals surface area contributed by atoms with E-state index >= 15 is 0 Å². The van der Waals surface area contributed by atoms with Crippen LogP contribution in [-0.2, 0) is 9.59 Å². The number of hydrogen-bond donors (Lipinski definition) is 2. The fourth-order valence-corrected chi connectivity index (χ4v) is 3.23. The number of benzene rings is 1. The molecule has 24 heavy (non-hydrogen) atoms. The summed E-state index contributed by atoms with van der Waals surface area (Å²) < 4.78 is 0.940. The summed E-state index contributed by atoms with van der Waals surface area (Å²) in [6.07, 6.45) is 1.61. The van der Waals surface area contributed by atoms with Gasteiger partial charge >= 0.3 is 0 Å². The number of amides is 2. The van der Waals surface area contributed by atoms with E-state index in [1.165, 1.54) is 12.3 Å². The third-order valence-electron chi connectivity index (χ3n) is 3.97. The van der Waals surface area contributed by atoms with Crippen LogP contribution >= 0.6 is 15.9 Å². The summed E-state index contributed by atoms with van der Waals surface area (Å²) in [5.74, 6) is -0.897. The molecule has 2 aromatic rings. The molecule has 124 valence electrons. The minimum Gasteiger partial charge on any atom is -0.504 e. The lowest BCUT2D eigenvalue weighted by atomic mass is 10.1. The molecule has 2 amide bonds. The molecule has 1 saturated heterocycles. The standard InChI is InChI=1S/C17H16BrN3O3/c1-10-7-12(18)4-5-13(10)21-9-11(8-15(21)23)17(24)20-16-14(22)3-2-6-19-16/h2-7,11,22H,8-9H2,1H3,(H,19,20,24)/t11-/m0/s1. The molecule has 0 aliphatic carbocycles. The Morgan fingerprint density at radius 1 is 1.42 bits per heavy atom. The van der Waals surface area contributed by atoms with Crippen molar-refractivity contribution < 1.29 is 14.7 Å². The zero-order valence-corrected chi connectivity index (χ0v) is 14.6. The van der Waals surface area contributed by atoms with Gasteiger partial charge in [0.1, 0.15) is 0 Å². The summed E-state index contributed by atoms with van der Waals surface area (Å²) in [4.78, 5) is 30.2. The Morgan fingerprint density at radius 2 is 2.21 bits per heavy atom. The maximum Gasteiger partial charge on any atom is 0.231 e. The molecule has 2 N–H and O–H groups in total. The average molecular weight is 390 g/mol. The minimum atomic E-state index is -0.484. The molecule has 2 heterocycles. The van der Waals surface area contributed by atoms with E-state index in [2.05, 4.69) is 26.2 Å². The Morgan fingerprint density at radius 3 is 2.92 bits per heavy atom. The van der Waals surface area contributed by atoms with E-state index in [-0.39, 0.29) is 29.8 Å². The van der Waals surface area contributed by atoms with Crippen molar-refractivity contribution in [3.63, 3.8) is 0 Å². The number of rotatable bonds is 3. The Balaban J connectivity index is 1.74. The second-order valence-corrected chi connectivity index (χ2v) is 6.61. The molecule has 3 rings (SSSR count). The van der Waals surface area contributed by atoms with Crippen molar-refractivity contribution in [2.45, 2.75) is 13.3 Å². The predicted molar refractivity (Wildman–Crippen MR) is 93.9 cm³/mol. The fraction of sp³-hybridized carbons (Fsp3) is 0.235. The van der Waals surface area contributed by atoms with Crippen molar-refractivity contribution in [3.8, 4) is 5.75 Å². The number of halogens is 1. The third kappa shape index (κ3) is 3.26. The fourth-order valence-electron chi connectivity index (χ4n) is 2.75. The van der Waals surface area contributed by atoms with Gasteiger partial charge in [-0.3, -0.25) is 9.59 Å². The van der Waals surface area contributed by atoms with Gasteiger partial charge in [0.2, 0.25) is 11.8 Å². The van der Waals surface area contributed by atoms with Gasteiger partial charge in [0.05, 0.1) is 5.92 Å². The molecule has 1 aliphatic heterocycles. The molecule has 0 radical (unpaired) electrons. The third-order valence-corrected chi connectivity index (χ3v) is 4.47. The van der Waals surface area contributed by atoms with Crippen LogP contribution in [0, 0.1) is 12.8 Å². The van der Waals surface area contributed by atoms with E-state index in [1.807, 2.05) is 25.1 Å².